The summed E-state index contributed by atoms with van der Waals surface area (Å²) in [6.45, 7) is 38.7. The molecule has 62 heavy (non-hydrogen) atoms. The quantitative estimate of drug-likeness (QED) is 0.122. The molecule has 2 aliphatic heterocycles. The molecular weight excluding hydrogens is 765 g/mol. The Labute approximate surface area is 380 Å². The van der Waals surface area contributed by atoms with E-state index in [4.69, 9.17) is 9.47 Å². The summed E-state index contributed by atoms with van der Waals surface area (Å²) >= 11 is 0. The molecule has 0 bridgehead atoms. The Morgan fingerprint density at radius 2 is 1.23 bits per heavy atom. The summed E-state index contributed by atoms with van der Waals surface area (Å²) < 4.78 is 12.9. The molecule has 2 saturated heterocycles. The largest absolute Gasteiger partial charge is 0.474 e. The van der Waals surface area contributed by atoms with Crippen LogP contribution in [0.1, 0.15) is 179 Å². The fourth-order valence-electron chi connectivity index (χ4n) is 10.6. The molecule has 0 amide bonds. The topological polar surface area (TPSA) is 73.9 Å². The van der Waals surface area contributed by atoms with Crippen LogP contribution in [0.5, 0.6) is 5.88 Å². The number of rotatable bonds is 20. The number of aromatic nitrogens is 1. The lowest BCUT2D eigenvalue weighted by Crippen LogP contribution is -2.55. The summed E-state index contributed by atoms with van der Waals surface area (Å²) in [6, 6.07) is 15.5. The van der Waals surface area contributed by atoms with Crippen LogP contribution >= 0.6 is 0 Å². The van der Waals surface area contributed by atoms with E-state index in [0.717, 1.165) is 63.9 Å². The summed E-state index contributed by atoms with van der Waals surface area (Å²) in [5, 5.41) is 11.8. The SMILES string of the molecule is CC(C)(C)CN1CCC(OC2CC(NC(C)(C)CCC(C)(C)Cc3ccc(N4CC[C@H](NC(C)(C)CCC(C)(C)c5ccnc(OC6CC(NC(C)(C)C)C6)c5)C4)cc3)C2)CC1. The minimum atomic E-state index is 0.0286. The Hall–Kier alpha value is -2.23. The second-order valence-electron chi connectivity index (χ2n) is 25.5. The first-order valence-electron chi connectivity index (χ1n) is 25.0. The van der Waals surface area contributed by atoms with Gasteiger partial charge in [-0.25, -0.2) is 4.98 Å². The zero-order chi connectivity index (χ0) is 45.1. The molecule has 2 aliphatic carbocycles. The minimum Gasteiger partial charge on any atom is -0.474 e. The number of piperidine rings is 1. The molecule has 3 heterocycles. The van der Waals surface area contributed by atoms with Crippen molar-refractivity contribution >= 4 is 5.69 Å². The van der Waals surface area contributed by atoms with Crippen LogP contribution in [0.15, 0.2) is 42.6 Å². The molecule has 8 nitrogen and oxygen atoms in total. The van der Waals surface area contributed by atoms with Gasteiger partial charge in [0.15, 0.2) is 0 Å². The molecule has 1 atom stereocenters. The van der Waals surface area contributed by atoms with Crippen LogP contribution in [-0.2, 0) is 16.6 Å². The maximum Gasteiger partial charge on any atom is 0.213 e. The number of benzene rings is 1. The Balaban J connectivity index is 0.872. The number of hydrogen-bond acceptors (Lipinski definition) is 8. The molecule has 3 N–H and O–H groups in total. The number of nitrogens with one attached hydrogen (secondary N) is 3. The standard InChI is InChI=1S/C54H92N6O2/c1-49(2,3)38-59-28-21-45(22-29-59)61-46-34-43(35-46)58-53(11,12)25-23-51(7,8)36-39-15-17-44(18-16-39)60-30-20-41(37-60)57-54(13,14)26-24-52(9,10)40-19-27-55-48(31-40)62-47-32-42(33-47)56-50(4,5)6/h15-19,27,31,41-43,45-47,56-58H,20-26,28-30,32-38H2,1-14H3/t41-,42?,43?,46?,47?/m0/s1. The van der Waals surface area contributed by atoms with E-state index >= 15 is 0 Å². The lowest BCUT2D eigenvalue weighted by Gasteiger charge is -2.44. The zero-order valence-corrected chi connectivity index (χ0v) is 42.2. The van der Waals surface area contributed by atoms with E-state index in [1.165, 1.54) is 68.6 Å². The molecule has 2 saturated carbocycles. The number of nitrogens with zero attached hydrogens (tertiary/aromatic N) is 3. The predicted octanol–water partition coefficient (Wildman–Crippen LogP) is 10.9. The molecule has 8 heteroatoms. The van der Waals surface area contributed by atoms with E-state index < -0.39 is 0 Å². The van der Waals surface area contributed by atoms with Crippen molar-refractivity contribution in [2.75, 3.05) is 37.6 Å². The van der Waals surface area contributed by atoms with E-state index in [1.54, 1.807) is 0 Å². The highest BCUT2D eigenvalue weighted by Crippen LogP contribution is 2.36. The average Bonchev–Trinajstić information content (AvgIpc) is 3.59. The van der Waals surface area contributed by atoms with Gasteiger partial charge in [-0.15, -0.1) is 0 Å². The fourth-order valence-corrected chi connectivity index (χ4v) is 10.6. The molecule has 0 spiro atoms. The fraction of sp³-hybridized carbons (Fsp3) is 0.796. The van der Waals surface area contributed by atoms with Crippen LogP contribution in [0, 0.1) is 10.8 Å². The van der Waals surface area contributed by atoms with Crippen molar-refractivity contribution in [3.05, 3.63) is 53.7 Å². The third-order valence-electron chi connectivity index (χ3n) is 14.4. The van der Waals surface area contributed by atoms with Crippen molar-refractivity contribution in [2.24, 2.45) is 10.8 Å². The highest BCUT2D eigenvalue weighted by Gasteiger charge is 2.38. The van der Waals surface area contributed by atoms with E-state index in [9.17, 15) is 0 Å². The third-order valence-corrected chi connectivity index (χ3v) is 14.4. The van der Waals surface area contributed by atoms with Gasteiger partial charge in [0.1, 0.15) is 6.10 Å². The summed E-state index contributed by atoms with van der Waals surface area (Å²) in [7, 11) is 0. The predicted molar refractivity (Wildman–Crippen MR) is 262 cm³/mol. The highest BCUT2D eigenvalue weighted by molar-refractivity contribution is 5.49. The Morgan fingerprint density at radius 1 is 0.629 bits per heavy atom. The number of likely N-dealkylation sites (tertiary alicyclic amines) is 1. The molecule has 4 aliphatic rings. The lowest BCUT2D eigenvalue weighted by atomic mass is 9.77. The number of pyridine rings is 1. The van der Waals surface area contributed by atoms with Gasteiger partial charge < -0.3 is 35.2 Å². The van der Waals surface area contributed by atoms with Gasteiger partial charge in [-0.1, -0.05) is 60.6 Å². The van der Waals surface area contributed by atoms with E-state index in [1.807, 2.05) is 6.20 Å². The zero-order valence-electron chi connectivity index (χ0n) is 42.2. The van der Waals surface area contributed by atoms with Gasteiger partial charge in [0.05, 0.1) is 12.2 Å². The Morgan fingerprint density at radius 3 is 1.85 bits per heavy atom. The summed E-state index contributed by atoms with van der Waals surface area (Å²) in [6.07, 6.45) is 16.7. The average molecular weight is 857 g/mol. The summed E-state index contributed by atoms with van der Waals surface area (Å²) in [5.41, 5.74) is 5.07. The Kier molecular flexibility index (Phi) is 15.6. The van der Waals surface area contributed by atoms with Crippen molar-refractivity contribution in [3.63, 3.8) is 0 Å². The first kappa shape index (κ1) is 49.2. The van der Waals surface area contributed by atoms with Crippen molar-refractivity contribution in [1.82, 2.24) is 25.8 Å². The van der Waals surface area contributed by atoms with Crippen LogP contribution in [0.25, 0.3) is 0 Å². The molecule has 6 rings (SSSR count). The Bertz CT molecular complexity index is 1690. The van der Waals surface area contributed by atoms with Crippen molar-refractivity contribution in [2.45, 2.75) is 232 Å². The second kappa shape index (κ2) is 19.7. The molecule has 0 radical (unpaired) electrons. The van der Waals surface area contributed by atoms with Gasteiger partial charge in [0, 0.05) is 85.4 Å². The van der Waals surface area contributed by atoms with E-state index in [-0.39, 0.29) is 33.6 Å². The van der Waals surface area contributed by atoms with Crippen LogP contribution in [-0.4, -0.2) is 95.7 Å². The van der Waals surface area contributed by atoms with Gasteiger partial charge in [-0.05, 0) is 171 Å². The number of ether oxygens (including phenoxy) is 2. The molecule has 2 aromatic rings. The minimum absolute atomic E-state index is 0.0286. The first-order valence-corrected chi connectivity index (χ1v) is 25.0. The second-order valence-corrected chi connectivity index (χ2v) is 25.5. The van der Waals surface area contributed by atoms with Gasteiger partial charge >= 0.3 is 0 Å². The van der Waals surface area contributed by atoms with Crippen molar-refractivity contribution < 1.29 is 9.47 Å². The van der Waals surface area contributed by atoms with Crippen LogP contribution in [0.4, 0.5) is 5.69 Å². The van der Waals surface area contributed by atoms with Crippen molar-refractivity contribution in [3.8, 4) is 5.88 Å². The number of anilines is 1. The highest BCUT2D eigenvalue weighted by atomic mass is 16.5. The van der Waals surface area contributed by atoms with E-state index in [2.05, 4.69) is 164 Å². The van der Waals surface area contributed by atoms with Crippen LogP contribution in [0.2, 0.25) is 0 Å². The normalized spacial score (nSPS) is 24.9. The molecule has 350 valence electrons. The molecule has 4 fully saturated rings. The van der Waals surface area contributed by atoms with Gasteiger partial charge in [-0.3, -0.25) is 0 Å². The number of hydrogen-bond donors (Lipinski definition) is 3. The van der Waals surface area contributed by atoms with E-state index in [0.29, 0.717) is 35.7 Å². The summed E-state index contributed by atoms with van der Waals surface area (Å²) in [5.74, 6) is 0.767. The van der Waals surface area contributed by atoms with Gasteiger partial charge in [-0.2, -0.15) is 0 Å². The lowest BCUT2D eigenvalue weighted by molar-refractivity contribution is -0.0888. The monoisotopic (exact) mass is 857 g/mol. The maximum atomic E-state index is 6.57. The summed E-state index contributed by atoms with van der Waals surface area (Å²) in [4.78, 5) is 9.79. The van der Waals surface area contributed by atoms with Crippen LogP contribution in [0.3, 0.4) is 0 Å². The molecule has 1 aromatic heterocycles. The molecular formula is C54H92N6O2. The van der Waals surface area contributed by atoms with Gasteiger partial charge in [0.25, 0.3) is 0 Å². The van der Waals surface area contributed by atoms with Crippen LogP contribution < -0.4 is 25.6 Å². The van der Waals surface area contributed by atoms with Crippen molar-refractivity contribution in [1.29, 1.82) is 0 Å². The molecule has 1 aromatic carbocycles. The maximum absolute atomic E-state index is 6.57. The first-order chi connectivity index (χ1) is 28.8. The van der Waals surface area contributed by atoms with Gasteiger partial charge in [0.2, 0.25) is 5.88 Å². The molecule has 0 unspecified atom stereocenters. The smallest absolute Gasteiger partial charge is 0.213 e. The third kappa shape index (κ3) is 15.5.